The summed E-state index contributed by atoms with van der Waals surface area (Å²) in [6.07, 6.45) is 8.49. The summed E-state index contributed by atoms with van der Waals surface area (Å²) in [4.78, 5) is 0. The van der Waals surface area contributed by atoms with Gasteiger partial charge in [0.25, 0.3) is 0 Å². The van der Waals surface area contributed by atoms with E-state index in [9.17, 15) is 0 Å². The fraction of sp³-hybridized carbons (Fsp3) is 1.00. The number of hydrogen-bond donors (Lipinski definition) is 1. The van der Waals surface area contributed by atoms with E-state index in [4.69, 9.17) is 0 Å². The normalized spacial score (nSPS) is 26.8. The summed E-state index contributed by atoms with van der Waals surface area (Å²) in [6, 6.07) is 0. The first-order valence-corrected chi connectivity index (χ1v) is 6.03. The average Bonchev–Trinajstić information content (AvgIpc) is 2.33. The zero-order valence-electron chi connectivity index (χ0n) is 9.31. The van der Waals surface area contributed by atoms with Crippen molar-refractivity contribution in [3.63, 3.8) is 0 Å². The zero-order chi connectivity index (χ0) is 9.52. The molecule has 1 aliphatic heterocycles. The Labute approximate surface area is 83.3 Å². The largest absolute Gasteiger partial charge is 0.316 e. The third kappa shape index (κ3) is 4.66. The predicted octanol–water partition coefficient (Wildman–Crippen LogP) is 3.20. The van der Waals surface area contributed by atoms with Gasteiger partial charge >= 0.3 is 0 Å². The quantitative estimate of drug-likeness (QED) is 0.705. The van der Waals surface area contributed by atoms with Crippen LogP contribution in [0.4, 0.5) is 0 Å². The highest BCUT2D eigenvalue weighted by Gasteiger charge is 2.14. The van der Waals surface area contributed by atoms with Crippen LogP contribution in [0.1, 0.15) is 52.4 Å². The standard InChI is InChI=1S/C12H25N/c1-3-6-11(2)9-12-7-4-5-8-13-10-12/h11-13H,3-10H2,1-2H3. The second kappa shape index (κ2) is 6.42. The van der Waals surface area contributed by atoms with Crippen molar-refractivity contribution < 1.29 is 0 Å². The van der Waals surface area contributed by atoms with Crippen LogP contribution in [-0.2, 0) is 0 Å². The van der Waals surface area contributed by atoms with E-state index in [2.05, 4.69) is 19.2 Å². The van der Waals surface area contributed by atoms with Crippen molar-refractivity contribution in [2.45, 2.75) is 52.4 Å². The van der Waals surface area contributed by atoms with E-state index in [0.717, 1.165) is 11.8 Å². The van der Waals surface area contributed by atoms with Crippen LogP contribution in [0.15, 0.2) is 0 Å². The van der Waals surface area contributed by atoms with Crippen LogP contribution < -0.4 is 5.32 Å². The molecule has 1 saturated heterocycles. The Morgan fingerprint density at radius 1 is 1.38 bits per heavy atom. The van der Waals surface area contributed by atoms with Crippen LogP contribution in [0.25, 0.3) is 0 Å². The van der Waals surface area contributed by atoms with Gasteiger partial charge in [-0.15, -0.1) is 0 Å². The SMILES string of the molecule is CCCC(C)CC1CCCCNC1. The van der Waals surface area contributed by atoms with E-state index < -0.39 is 0 Å². The van der Waals surface area contributed by atoms with Crippen LogP contribution in [0, 0.1) is 11.8 Å². The zero-order valence-corrected chi connectivity index (χ0v) is 9.31. The Hall–Kier alpha value is -0.0400. The van der Waals surface area contributed by atoms with Crippen LogP contribution >= 0.6 is 0 Å². The van der Waals surface area contributed by atoms with E-state index in [1.54, 1.807) is 0 Å². The molecular weight excluding hydrogens is 158 g/mol. The monoisotopic (exact) mass is 183 g/mol. The van der Waals surface area contributed by atoms with E-state index in [1.807, 2.05) is 0 Å². The Morgan fingerprint density at radius 2 is 2.23 bits per heavy atom. The first-order chi connectivity index (χ1) is 6.33. The molecule has 78 valence electrons. The van der Waals surface area contributed by atoms with Crippen molar-refractivity contribution >= 4 is 0 Å². The Bertz CT molecular complexity index is 114. The number of rotatable bonds is 4. The molecule has 0 spiro atoms. The molecule has 0 aromatic heterocycles. The van der Waals surface area contributed by atoms with Crippen LogP contribution in [-0.4, -0.2) is 13.1 Å². The lowest BCUT2D eigenvalue weighted by atomic mass is 9.90. The van der Waals surface area contributed by atoms with Crippen molar-refractivity contribution in [2.75, 3.05) is 13.1 Å². The van der Waals surface area contributed by atoms with Crippen molar-refractivity contribution in [3.8, 4) is 0 Å². The molecule has 1 heterocycles. The maximum atomic E-state index is 3.54. The summed E-state index contributed by atoms with van der Waals surface area (Å²) in [5, 5.41) is 3.54. The van der Waals surface area contributed by atoms with Gasteiger partial charge in [0.05, 0.1) is 0 Å². The molecule has 0 aromatic carbocycles. The summed E-state index contributed by atoms with van der Waals surface area (Å²) >= 11 is 0. The average molecular weight is 183 g/mol. The second-order valence-corrected chi connectivity index (χ2v) is 4.70. The maximum absolute atomic E-state index is 3.54. The fourth-order valence-corrected chi connectivity index (χ4v) is 2.47. The third-order valence-electron chi connectivity index (χ3n) is 3.17. The summed E-state index contributed by atoms with van der Waals surface area (Å²) < 4.78 is 0. The first kappa shape index (κ1) is 11.0. The Kier molecular flexibility index (Phi) is 5.45. The molecule has 1 aliphatic rings. The van der Waals surface area contributed by atoms with E-state index in [0.29, 0.717) is 0 Å². The van der Waals surface area contributed by atoms with Gasteiger partial charge in [-0.3, -0.25) is 0 Å². The van der Waals surface area contributed by atoms with Crippen LogP contribution in [0.3, 0.4) is 0 Å². The smallest absolute Gasteiger partial charge is 0.00204 e. The van der Waals surface area contributed by atoms with Gasteiger partial charge in [0.15, 0.2) is 0 Å². The lowest BCUT2D eigenvalue weighted by Gasteiger charge is -2.18. The molecule has 2 unspecified atom stereocenters. The molecule has 0 amide bonds. The highest BCUT2D eigenvalue weighted by molar-refractivity contribution is 4.69. The van der Waals surface area contributed by atoms with E-state index >= 15 is 0 Å². The summed E-state index contributed by atoms with van der Waals surface area (Å²) in [7, 11) is 0. The minimum absolute atomic E-state index is 0.940. The topological polar surface area (TPSA) is 12.0 Å². The van der Waals surface area contributed by atoms with Crippen LogP contribution in [0.5, 0.6) is 0 Å². The Balaban J connectivity index is 2.17. The highest BCUT2D eigenvalue weighted by Crippen LogP contribution is 2.22. The molecule has 0 aliphatic carbocycles. The van der Waals surface area contributed by atoms with Crippen molar-refractivity contribution in [3.05, 3.63) is 0 Å². The van der Waals surface area contributed by atoms with Gasteiger partial charge < -0.3 is 5.32 Å². The van der Waals surface area contributed by atoms with E-state index in [1.165, 1.54) is 51.6 Å². The molecule has 1 rings (SSSR count). The van der Waals surface area contributed by atoms with Crippen molar-refractivity contribution in [1.82, 2.24) is 5.32 Å². The summed E-state index contributed by atoms with van der Waals surface area (Å²) in [5.74, 6) is 1.90. The van der Waals surface area contributed by atoms with Gasteiger partial charge in [0, 0.05) is 0 Å². The van der Waals surface area contributed by atoms with Gasteiger partial charge in [-0.2, -0.15) is 0 Å². The van der Waals surface area contributed by atoms with Gasteiger partial charge in [-0.05, 0) is 44.2 Å². The van der Waals surface area contributed by atoms with Gasteiger partial charge in [0.1, 0.15) is 0 Å². The molecule has 0 aromatic rings. The number of nitrogens with one attached hydrogen (secondary N) is 1. The lowest BCUT2D eigenvalue weighted by Crippen LogP contribution is -2.21. The van der Waals surface area contributed by atoms with Crippen molar-refractivity contribution in [1.29, 1.82) is 0 Å². The third-order valence-corrected chi connectivity index (χ3v) is 3.17. The molecule has 1 N–H and O–H groups in total. The minimum Gasteiger partial charge on any atom is -0.316 e. The van der Waals surface area contributed by atoms with Gasteiger partial charge in [0.2, 0.25) is 0 Å². The molecule has 1 fully saturated rings. The van der Waals surface area contributed by atoms with Crippen LogP contribution in [0.2, 0.25) is 0 Å². The second-order valence-electron chi connectivity index (χ2n) is 4.70. The Morgan fingerprint density at radius 3 is 3.00 bits per heavy atom. The molecule has 0 bridgehead atoms. The molecule has 2 atom stereocenters. The highest BCUT2D eigenvalue weighted by atomic mass is 14.9. The number of hydrogen-bond acceptors (Lipinski definition) is 1. The van der Waals surface area contributed by atoms with Gasteiger partial charge in [-0.25, -0.2) is 0 Å². The van der Waals surface area contributed by atoms with E-state index in [-0.39, 0.29) is 0 Å². The molecule has 0 saturated carbocycles. The molecule has 1 nitrogen and oxygen atoms in total. The summed E-state index contributed by atoms with van der Waals surface area (Å²) in [6.45, 7) is 7.23. The molecular formula is C12H25N. The minimum atomic E-state index is 0.940. The molecule has 1 heteroatoms. The predicted molar refractivity (Wildman–Crippen MR) is 58.9 cm³/mol. The molecule has 0 radical (unpaired) electrons. The molecule has 13 heavy (non-hydrogen) atoms. The van der Waals surface area contributed by atoms with Crippen molar-refractivity contribution in [2.24, 2.45) is 11.8 Å². The fourth-order valence-electron chi connectivity index (χ4n) is 2.47. The lowest BCUT2D eigenvalue weighted by molar-refractivity contribution is 0.352. The first-order valence-electron chi connectivity index (χ1n) is 6.03. The summed E-state index contributed by atoms with van der Waals surface area (Å²) in [5.41, 5.74) is 0. The maximum Gasteiger partial charge on any atom is -0.00204 e. The van der Waals surface area contributed by atoms with Gasteiger partial charge in [-0.1, -0.05) is 33.1 Å².